The maximum absolute atomic E-state index is 8.66. The molecule has 0 aliphatic rings. The highest BCUT2D eigenvalue weighted by atomic mass is 16.4. The van der Waals surface area contributed by atoms with Crippen molar-refractivity contribution in [1.82, 2.24) is 4.98 Å². The Kier molecular flexibility index (Phi) is 3.78. The molecular weight excluding hydrogens is 224 g/mol. The smallest absolute Gasteiger partial charge is 0.194 e. The molecule has 92 valence electrons. The predicted octanol–water partition coefficient (Wildman–Crippen LogP) is 3.14. The van der Waals surface area contributed by atoms with E-state index >= 15 is 0 Å². The molecule has 0 fully saturated rings. The van der Waals surface area contributed by atoms with Crippen LogP contribution in [-0.4, -0.2) is 4.98 Å². The van der Waals surface area contributed by atoms with Gasteiger partial charge in [0.1, 0.15) is 5.76 Å². The van der Waals surface area contributed by atoms with Gasteiger partial charge in [-0.05, 0) is 25.8 Å². The lowest BCUT2D eigenvalue weighted by molar-refractivity contribution is 0.469. The second-order valence-electron chi connectivity index (χ2n) is 4.43. The van der Waals surface area contributed by atoms with Crippen LogP contribution in [0.15, 0.2) is 28.7 Å². The van der Waals surface area contributed by atoms with Crippen molar-refractivity contribution in [3.63, 3.8) is 0 Å². The molecule has 1 heterocycles. The summed E-state index contributed by atoms with van der Waals surface area (Å²) in [5.74, 6) is 1.48. The minimum Gasteiger partial charge on any atom is -0.446 e. The monoisotopic (exact) mass is 240 g/mol. The molecule has 0 aliphatic carbocycles. The largest absolute Gasteiger partial charge is 0.446 e. The molecule has 0 aliphatic heterocycles. The van der Waals surface area contributed by atoms with Gasteiger partial charge in [-0.2, -0.15) is 5.26 Å². The molecule has 2 rings (SSSR count). The summed E-state index contributed by atoms with van der Waals surface area (Å²) < 4.78 is 5.55. The van der Waals surface area contributed by atoms with E-state index in [1.165, 1.54) is 11.1 Å². The van der Waals surface area contributed by atoms with Crippen LogP contribution in [0.25, 0.3) is 0 Å². The lowest BCUT2D eigenvalue weighted by atomic mass is 10.1. The standard InChI is InChI=1S/C15H16N2O/c1-11-3-5-13(6-4-11)7-8-15-17-14(9-10-16)12(2)18-15/h3-6H,7-9H2,1-2H3. The van der Waals surface area contributed by atoms with E-state index in [0.29, 0.717) is 6.42 Å². The summed E-state index contributed by atoms with van der Waals surface area (Å²) in [7, 11) is 0. The predicted molar refractivity (Wildman–Crippen MR) is 69.1 cm³/mol. The lowest BCUT2D eigenvalue weighted by Crippen LogP contribution is -1.92. The zero-order chi connectivity index (χ0) is 13.0. The topological polar surface area (TPSA) is 49.8 Å². The lowest BCUT2D eigenvalue weighted by Gasteiger charge is -1.99. The fraction of sp³-hybridized carbons (Fsp3) is 0.333. The van der Waals surface area contributed by atoms with Crippen LogP contribution in [-0.2, 0) is 19.3 Å². The van der Waals surface area contributed by atoms with Gasteiger partial charge in [0.25, 0.3) is 0 Å². The summed E-state index contributed by atoms with van der Waals surface area (Å²) in [4.78, 5) is 4.34. The van der Waals surface area contributed by atoms with E-state index in [-0.39, 0.29) is 0 Å². The van der Waals surface area contributed by atoms with E-state index in [4.69, 9.17) is 9.68 Å². The van der Waals surface area contributed by atoms with Crippen LogP contribution < -0.4 is 0 Å². The van der Waals surface area contributed by atoms with Crippen LogP contribution in [0, 0.1) is 25.2 Å². The first-order valence-corrected chi connectivity index (χ1v) is 6.06. The highest BCUT2D eigenvalue weighted by Crippen LogP contribution is 2.13. The van der Waals surface area contributed by atoms with Gasteiger partial charge in [0, 0.05) is 6.42 Å². The van der Waals surface area contributed by atoms with Crippen LogP contribution >= 0.6 is 0 Å². The van der Waals surface area contributed by atoms with E-state index in [1.807, 2.05) is 6.92 Å². The molecule has 0 bridgehead atoms. The molecule has 1 aromatic carbocycles. The number of hydrogen-bond donors (Lipinski definition) is 0. The third kappa shape index (κ3) is 2.98. The van der Waals surface area contributed by atoms with Crippen molar-refractivity contribution in [3.05, 3.63) is 52.7 Å². The van der Waals surface area contributed by atoms with Crippen LogP contribution in [0.4, 0.5) is 0 Å². The van der Waals surface area contributed by atoms with E-state index in [9.17, 15) is 0 Å². The van der Waals surface area contributed by atoms with Crippen LogP contribution in [0.2, 0.25) is 0 Å². The van der Waals surface area contributed by atoms with E-state index in [0.717, 1.165) is 30.2 Å². The van der Waals surface area contributed by atoms with Gasteiger partial charge in [-0.15, -0.1) is 0 Å². The maximum Gasteiger partial charge on any atom is 0.194 e. The van der Waals surface area contributed by atoms with Gasteiger partial charge in [0.05, 0.1) is 18.2 Å². The summed E-state index contributed by atoms with van der Waals surface area (Å²) in [6.07, 6.45) is 2.00. The van der Waals surface area contributed by atoms with Crippen molar-refractivity contribution in [2.45, 2.75) is 33.1 Å². The first kappa shape index (κ1) is 12.4. The average molecular weight is 240 g/mol. The number of aryl methyl sites for hydroxylation is 4. The van der Waals surface area contributed by atoms with Gasteiger partial charge in [-0.25, -0.2) is 4.98 Å². The number of nitriles is 1. The van der Waals surface area contributed by atoms with Crippen molar-refractivity contribution < 1.29 is 4.42 Å². The van der Waals surface area contributed by atoms with Crippen molar-refractivity contribution in [2.75, 3.05) is 0 Å². The van der Waals surface area contributed by atoms with Crippen molar-refractivity contribution in [1.29, 1.82) is 5.26 Å². The van der Waals surface area contributed by atoms with Crippen molar-refractivity contribution >= 4 is 0 Å². The fourth-order valence-corrected chi connectivity index (χ4v) is 1.84. The second kappa shape index (κ2) is 5.50. The first-order valence-electron chi connectivity index (χ1n) is 6.06. The van der Waals surface area contributed by atoms with Crippen molar-refractivity contribution in [3.8, 4) is 6.07 Å². The number of oxazole rings is 1. The molecule has 18 heavy (non-hydrogen) atoms. The molecule has 0 saturated carbocycles. The number of benzene rings is 1. The number of rotatable bonds is 4. The minimum absolute atomic E-state index is 0.319. The first-order chi connectivity index (χ1) is 8.69. The second-order valence-corrected chi connectivity index (χ2v) is 4.43. The Balaban J connectivity index is 2.00. The Bertz CT molecular complexity index is 561. The van der Waals surface area contributed by atoms with Gasteiger partial charge in [0.15, 0.2) is 5.89 Å². The van der Waals surface area contributed by atoms with Gasteiger partial charge in [-0.1, -0.05) is 29.8 Å². The molecule has 1 aromatic heterocycles. The fourth-order valence-electron chi connectivity index (χ4n) is 1.84. The summed E-state index contributed by atoms with van der Waals surface area (Å²) >= 11 is 0. The van der Waals surface area contributed by atoms with Gasteiger partial charge >= 0.3 is 0 Å². The van der Waals surface area contributed by atoms with E-state index in [1.54, 1.807) is 0 Å². The third-order valence-corrected chi connectivity index (χ3v) is 2.93. The highest BCUT2D eigenvalue weighted by molar-refractivity contribution is 5.22. The molecule has 0 saturated heterocycles. The van der Waals surface area contributed by atoms with Crippen LogP contribution in [0.3, 0.4) is 0 Å². The van der Waals surface area contributed by atoms with E-state index < -0.39 is 0 Å². The van der Waals surface area contributed by atoms with Crippen LogP contribution in [0.1, 0.15) is 28.5 Å². The number of aromatic nitrogens is 1. The van der Waals surface area contributed by atoms with Crippen molar-refractivity contribution in [2.24, 2.45) is 0 Å². The average Bonchev–Trinajstić information content (AvgIpc) is 2.70. The molecule has 3 nitrogen and oxygen atoms in total. The molecule has 2 aromatic rings. The Morgan fingerprint density at radius 3 is 2.56 bits per heavy atom. The summed E-state index contributed by atoms with van der Waals surface area (Å²) in [6.45, 7) is 3.93. The van der Waals surface area contributed by atoms with Gasteiger partial charge in [-0.3, -0.25) is 0 Å². The minimum atomic E-state index is 0.319. The van der Waals surface area contributed by atoms with Gasteiger partial charge in [0.2, 0.25) is 0 Å². The highest BCUT2D eigenvalue weighted by Gasteiger charge is 2.08. The molecule has 3 heteroatoms. The molecule has 0 N–H and O–H groups in total. The molecular formula is C15H16N2O. The Hall–Kier alpha value is -2.08. The zero-order valence-electron chi connectivity index (χ0n) is 10.7. The Labute approximate surface area is 107 Å². The molecule has 0 radical (unpaired) electrons. The molecule has 0 unspecified atom stereocenters. The Morgan fingerprint density at radius 2 is 1.89 bits per heavy atom. The van der Waals surface area contributed by atoms with E-state index in [2.05, 4.69) is 42.2 Å². The maximum atomic E-state index is 8.66. The summed E-state index contributed by atoms with van der Waals surface area (Å²) in [5.41, 5.74) is 3.30. The molecule has 0 spiro atoms. The third-order valence-electron chi connectivity index (χ3n) is 2.93. The molecule has 0 amide bonds. The van der Waals surface area contributed by atoms with Crippen LogP contribution in [0.5, 0.6) is 0 Å². The number of hydrogen-bond acceptors (Lipinski definition) is 3. The summed E-state index contributed by atoms with van der Waals surface area (Å²) in [6, 6.07) is 10.6. The summed E-state index contributed by atoms with van der Waals surface area (Å²) in [5, 5.41) is 8.66. The Morgan fingerprint density at radius 1 is 1.17 bits per heavy atom. The van der Waals surface area contributed by atoms with Gasteiger partial charge < -0.3 is 4.42 Å². The SMILES string of the molecule is Cc1ccc(CCc2nc(CC#N)c(C)o2)cc1. The quantitative estimate of drug-likeness (QED) is 0.824. The number of nitrogens with zero attached hydrogens (tertiary/aromatic N) is 2. The zero-order valence-corrected chi connectivity index (χ0v) is 10.7. The molecule has 0 atom stereocenters. The normalized spacial score (nSPS) is 10.3.